The largest absolute Gasteiger partial charge is 0.325 e. The second-order valence-corrected chi connectivity index (χ2v) is 7.12. The molecule has 0 saturated carbocycles. The molecule has 1 N–H and O–H groups in total. The highest BCUT2D eigenvalue weighted by atomic mass is 35.5. The van der Waals surface area contributed by atoms with Crippen LogP contribution in [0.15, 0.2) is 48.5 Å². The molecule has 0 unspecified atom stereocenters. The molecule has 0 spiro atoms. The Morgan fingerprint density at radius 1 is 1.15 bits per heavy atom. The topological polar surface area (TPSA) is 45.2 Å². The number of benzene rings is 2. The third-order valence-corrected chi connectivity index (χ3v) is 5.15. The molecule has 0 aliphatic heterocycles. The van der Waals surface area contributed by atoms with E-state index in [9.17, 15) is 4.79 Å². The van der Waals surface area contributed by atoms with Crippen molar-refractivity contribution in [2.24, 2.45) is 0 Å². The quantitative estimate of drug-likeness (QED) is 0.665. The average Bonchev–Trinajstić information content (AvgIpc) is 2.66. The number of rotatable bonds is 6. The molecule has 1 amide bonds. The van der Waals surface area contributed by atoms with Gasteiger partial charge in [0, 0.05) is 17.6 Å². The highest BCUT2D eigenvalue weighted by molar-refractivity contribution is 6.32. The number of aromatic nitrogens is 1. The summed E-state index contributed by atoms with van der Waals surface area (Å²) in [6, 6.07) is 15.8. The number of nitrogens with one attached hydrogen (secondary N) is 1. The van der Waals surface area contributed by atoms with E-state index in [1.807, 2.05) is 67.4 Å². The van der Waals surface area contributed by atoms with Gasteiger partial charge in [-0.3, -0.25) is 9.69 Å². The van der Waals surface area contributed by atoms with Gasteiger partial charge in [0.2, 0.25) is 5.91 Å². The number of pyridine rings is 1. The number of carbonyl (C=O) groups is 1. The second kappa shape index (κ2) is 8.51. The Bertz CT molecular complexity index is 971. The van der Waals surface area contributed by atoms with Crippen molar-refractivity contribution < 1.29 is 4.79 Å². The van der Waals surface area contributed by atoms with Crippen LogP contribution in [0.2, 0.25) is 5.02 Å². The maximum Gasteiger partial charge on any atom is 0.238 e. The van der Waals surface area contributed by atoms with Gasteiger partial charge < -0.3 is 5.32 Å². The lowest BCUT2D eigenvalue weighted by atomic mass is 10.1. The number of carbonyl (C=O) groups excluding carboxylic acids is 1. The molecule has 0 radical (unpaired) electrons. The van der Waals surface area contributed by atoms with E-state index in [4.69, 9.17) is 11.6 Å². The molecule has 4 nitrogen and oxygen atoms in total. The van der Waals surface area contributed by atoms with Crippen LogP contribution in [0, 0.1) is 6.92 Å². The highest BCUT2D eigenvalue weighted by Gasteiger charge is 2.14. The molecule has 27 heavy (non-hydrogen) atoms. The first-order valence-corrected chi connectivity index (χ1v) is 9.47. The fourth-order valence-electron chi connectivity index (χ4n) is 3.22. The molecule has 3 aromatic rings. The van der Waals surface area contributed by atoms with Crippen LogP contribution in [0.1, 0.15) is 23.7 Å². The van der Waals surface area contributed by atoms with Crippen LogP contribution < -0.4 is 5.32 Å². The third-order valence-electron chi connectivity index (χ3n) is 4.65. The van der Waals surface area contributed by atoms with Crippen LogP contribution in [0.4, 0.5) is 5.69 Å². The summed E-state index contributed by atoms with van der Waals surface area (Å²) in [5, 5.41) is 4.72. The van der Waals surface area contributed by atoms with Crippen LogP contribution >= 0.6 is 11.6 Å². The van der Waals surface area contributed by atoms with Gasteiger partial charge in [0.1, 0.15) is 0 Å². The zero-order valence-corrected chi connectivity index (χ0v) is 16.7. The number of hydrogen-bond acceptors (Lipinski definition) is 3. The molecule has 1 heterocycles. The van der Waals surface area contributed by atoms with Crippen molar-refractivity contribution >= 4 is 34.1 Å². The van der Waals surface area contributed by atoms with Crippen molar-refractivity contribution in [1.82, 2.24) is 9.88 Å². The predicted molar refractivity (Wildman–Crippen MR) is 112 cm³/mol. The Morgan fingerprint density at radius 2 is 1.85 bits per heavy atom. The Kier molecular flexibility index (Phi) is 6.09. The summed E-state index contributed by atoms with van der Waals surface area (Å²) in [6.07, 6.45) is 0.877. The molecule has 0 saturated heterocycles. The first-order chi connectivity index (χ1) is 13.0. The third kappa shape index (κ3) is 4.46. The van der Waals surface area contributed by atoms with E-state index in [1.54, 1.807) is 0 Å². The van der Waals surface area contributed by atoms with Gasteiger partial charge in [0.05, 0.1) is 22.8 Å². The number of para-hydroxylation sites is 2. The van der Waals surface area contributed by atoms with Gasteiger partial charge in [-0.25, -0.2) is 4.98 Å². The van der Waals surface area contributed by atoms with Gasteiger partial charge in [0.15, 0.2) is 0 Å². The summed E-state index contributed by atoms with van der Waals surface area (Å²) in [6.45, 7) is 4.85. The summed E-state index contributed by atoms with van der Waals surface area (Å²) < 4.78 is 0. The Hall–Kier alpha value is -2.43. The van der Waals surface area contributed by atoms with E-state index in [-0.39, 0.29) is 12.5 Å². The van der Waals surface area contributed by atoms with Gasteiger partial charge in [-0.2, -0.15) is 0 Å². The molecule has 5 heteroatoms. The number of nitrogens with zero attached hydrogens (tertiary/aromatic N) is 2. The first kappa shape index (κ1) is 19.3. The fourth-order valence-corrected chi connectivity index (χ4v) is 3.42. The average molecular weight is 382 g/mol. The van der Waals surface area contributed by atoms with Crippen molar-refractivity contribution in [3.05, 3.63) is 70.4 Å². The summed E-state index contributed by atoms with van der Waals surface area (Å²) in [5.74, 6) is -0.0490. The zero-order chi connectivity index (χ0) is 19.4. The van der Waals surface area contributed by atoms with Gasteiger partial charge in [-0.15, -0.1) is 0 Å². The van der Waals surface area contributed by atoms with Crippen molar-refractivity contribution in [3.63, 3.8) is 0 Å². The molecule has 1 aromatic heterocycles. The molecular formula is C22H24ClN3O. The normalized spacial score (nSPS) is 11.1. The van der Waals surface area contributed by atoms with Crippen LogP contribution in [0.5, 0.6) is 0 Å². The summed E-state index contributed by atoms with van der Waals surface area (Å²) in [4.78, 5) is 19.1. The fraction of sp³-hybridized carbons (Fsp3) is 0.273. The number of amides is 1. The van der Waals surface area contributed by atoms with E-state index >= 15 is 0 Å². The minimum atomic E-state index is -0.0490. The Labute approximate surface area is 165 Å². The van der Waals surface area contributed by atoms with E-state index in [0.29, 0.717) is 11.6 Å². The number of hydrogen-bond donors (Lipinski definition) is 1. The van der Waals surface area contributed by atoms with Crippen LogP contribution in [0.25, 0.3) is 10.9 Å². The van der Waals surface area contributed by atoms with Crippen LogP contribution in [0.3, 0.4) is 0 Å². The van der Waals surface area contributed by atoms with Crippen LogP contribution in [-0.2, 0) is 17.8 Å². The number of halogens is 1. The minimum Gasteiger partial charge on any atom is -0.325 e. The minimum absolute atomic E-state index is 0.0490. The van der Waals surface area contributed by atoms with Gasteiger partial charge in [0.25, 0.3) is 0 Å². The first-order valence-electron chi connectivity index (χ1n) is 9.09. The summed E-state index contributed by atoms with van der Waals surface area (Å²) in [7, 11) is 1.90. The van der Waals surface area contributed by atoms with E-state index < -0.39 is 0 Å². The van der Waals surface area contributed by atoms with Gasteiger partial charge in [-0.05, 0) is 43.7 Å². The molecule has 140 valence electrons. The summed E-state index contributed by atoms with van der Waals surface area (Å²) in [5.41, 5.74) is 4.73. The van der Waals surface area contributed by atoms with E-state index in [2.05, 4.69) is 17.2 Å². The number of fused-ring (bicyclic) bond motifs is 1. The van der Waals surface area contributed by atoms with E-state index in [0.717, 1.165) is 39.8 Å². The number of anilines is 1. The number of likely N-dealkylation sites (N-methyl/N-ethyl adjacent to an activating group) is 1. The lowest BCUT2D eigenvalue weighted by Gasteiger charge is -2.18. The predicted octanol–water partition coefficient (Wildman–Crippen LogP) is 4.83. The maximum atomic E-state index is 12.4. The Morgan fingerprint density at radius 3 is 2.63 bits per heavy atom. The summed E-state index contributed by atoms with van der Waals surface area (Å²) >= 11 is 6.53. The molecule has 0 aliphatic rings. The number of aryl methyl sites for hydroxylation is 2. The van der Waals surface area contributed by atoms with Crippen molar-refractivity contribution in [2.45, 2.75) is 26.8 Å². The van der Waals surface area contributed by atoms with Crippen LogP contribution in [-0.4, -0.2) is 29.4 Å². The van der Waals surface area contributed by atoms with Crippen molar-refractivity contribution in [2.75, 3.05) is 18.9 Å². The SMILES string of the molecule is CCc1ccccc1NC(=O)CN(C)Cc1nc2ccccc2c(C)c1Cl. The lowest BCUT2D eigenvalue weighted by Crippen LogP contribution is -2.30. The maximum absolute atomic E-state index is 12.4. The lowest BCUT2D eigenvalue weighted by molar-refractivity contribution is -0.117. The van der Waals surface area contributed by atoms with Crippen molar-refractivity contribution in [3.8, 4) is 0 Å². The smallest absolute Gasteiger partial charge is 0.238 e. The molecule has 3 rings (SSSR count). The standard InChI is InChI=1S/C22H24ClN3O/c1-4-16-9-5-7-11-18(16)25-21(27)14-26(3)13-20-22(23)15(2)17-10-6-8-12-19(17)24-20/h5-12H,4,13-14H2,1-3H3,(H,25,27). The van der Waals surface area contributed by atoms with Gasteiger partial charge >= 0.3 is 0 Å². The monoisotopic (exact) mass is 381 g/mol. The molecule has 2 aromatic carbocycles. The molecular weight excluding hydrogens is 358 g/mol. The van der Waals surface area contributed by atoms with Gasteiger partial charge in [-0.1, -0.05) is 54.9 Å². The molecule has 0 aliphatic carbocycles. The molecule has 0 fully saturated rings. The Balaban J connectivity index is 1.70. The molecule has 0 bridgehead atoms. The second-order valence-electron chi connectivity index (χ2n) is 6.75. The zero-order valence-electron chi connectivity index (χ0n) is 15.9. The van der Waals surface area contributed by atoms with Crippen molar-refractivity contribution in [1.29, 1.82) is 0 Å². The highest BCUT2D eigenvalue weighted by Crippen LogP contribution is 2.27. The van der Waals surface area contributed by atoms with E-state index in [1.165, 1.54) is 0 Å². The molecule has 0 atom stereocenters.